The first-order valence-corrected chi connectivity index (χ1v) is 9.05. The minimum Gasteiger partial charge on any atom is -0.441 e. The van der Waals surface area contributed by atoms with E-state index in [1.807, 2.05) is 0 Å². The number of carbonyl (C=O) groups excluding carboxylic acids is 3. The van der Waals surface area contributed by atoms with E-state index in [9.17, 15) is 14.4 Å². The Hall–Kier alpha value is -3.29. The molecule has 150 valence electrons. The summed E-state index contributed by atoms with van der Waals surface area (Å²) in [6.07, 6.45) is 2.93. The number of hydrogen-bond acceptors (Lipinski definition) is 5. The van der Waals surface area contributed by atoms with E-state index in [0.29, 0.717) is 30.6 Å². The summed E-state index contributed by atoms with van der Waals surface area (Å²) in [5, 5.41) is 5.58. The maximum atomic E-state index is 12.6. The molecule has 0 aliphatic carbocycles. The van der Waals surface area contributed by atoms with Crippen LogP contribution >= 0.6 is 0 Å². The van der Waals surface area contributed by atoms with Gasteiger partial charge in [-0.2, -0.15) is 0 Å². The highest BCUT2D eigenvalue weighted by atomic mass is 16.6. The highest BCUT2D eigenvalue weighted by Crippen LogP contribution is 2.27. The van der Waals surface area contributed by atoms with Crippen LogP contribution in [0, 0.1) is 0 Å². The number of nitrogens with zero attached hydrogens (tertiary/aromatic N) is 1. The molecular formula is C20H26N4O4. The van der Waals surface area contributed by atoms with Gasteiger partial charge in [-0.15, -0.1) is 13.2 Å². The summed E-state index contributed by atoms with van der Waals surface area (Å²) in [6.45, 7) is 8.04. The van der Waals surface area contributed by atoms with E-state index in [1.165, 1.54) is 0 Å². The quantitative estimate of drug-likeness (QED) is 0.438. The molecule has 1 fully saturated rings. The van der Waals surface area contributed by atoms with Gasteiger partial charge in [-0.1, -0.05) is 24.3 Å². The Balaban J connectivity index is 2.26. The lowest BCUT2D eigenvalue weighted by molar-refractivity contribution is -0.125. The number of benzene rings is 1. The molecule has 1 aromatic rings. The summed E-state index contributed by atoms with van der Waals surface area (Å²) in [7, 11) is 0. The van der Waals surface area contributed by atoms with E-state index < -0.39 is 18.2 Å². The van der Waals surface area contributed by atoms with Crippen LogP contribution in [0.25, 0.3) is 0 Å². The molecule has 1 aromatic carbocycles. The Bertz CT molecular complexity index is 749. The molecule has 1 aliphatic heterocycles. The summed E-state index contributed by atoms with van der Waals surface area (Å²) in [5.41, 5.74) is 6.54. The molecule has 0 aromatic heterocycles. The van der Waals surface area contributed by atoms with Gasteiger partial charge >= 0.3 is 6.09 Å². The zero-order chi connectivity index (χ0) is 20.5. The van der Waals surface area contributed by atoms with Crippen LogP contribution in [-0.4, -0.2) is 43.6 Å². The fraction of sp³-hybridized carbons (Fsp3) is 0.350. The average Bonchev–Trinajstić information content (AvgIpc) is 2.67. The van der Waals surface area contributed by atoms with Gasteiger partial charge in [0, 0.05) is 25.2 Å². The van der Waals surface area contributed by atoms with Crippen molar-refractivity contribution in [3.8, 4) is 0 Å². The van der Waals surface area contributed by atoms with Crippen LogP contribution in [0.15, 0.2) is 49.6 Å². The fourth-order valence-corrected chi connectivity index (χ4v) is 3.01. The van der Waals surface area contributed by atoms with Crippen molar-refractivity contribution >= 4 is 23.6 Å². The number of nitrogens with one attached hydrogen (secondary N) is 2. The maximum absolute atomic E-state index is 12.6. The maximum Gasteiger partial charge on any atom is 0.405 e. The molecule has 2 rings (SSSR count). The monoisotopic (exact) mass is 386 g/mol. The molecule has 2 unspecified atom stereocenters. The van der Waals surface area contributed by atoms with E-state index in [-0.39, 0.29) is 24.9 Å². The molecule has 2 atom stereocenters. The largest absolute Gasteiger partial charge is 0.441 e. The van der Waals surface area contributed by atoms with Crippen LogP contribution in [-0.2, 0) is 14.3 Å². The topological polar surface area (TPSA) is 114 Å². The molecule has 8 heteroatoms. The van der Waals surface area contributed by atoms with E-state index in [0.717, 1.165) is 0 Å². The Morgan fingerprint density at radius 2 is 2.18 bits per heavy atom. The van der Waals surface area contributed by atoms with Gasteiger partial charge in [0.05, 0.1) is 6.54 Å². The van der Waals surface area contributed by atoms with Gasteiger partial charge in [-0.3, -0.25) is 9.59 Å². The van der Waals surface area contributed by atoms with Gasteiger partial charge in [-0.05, 0) is 24.1 Å². The van der Waals surface area contributed by atoms with Crippen LogP contribution < -0.4 is 21.3 Å². The molecule has 4 N–H and O–H groups in total. The van der Waals surface area contributed by atoms with E-state index in [1.54, 1.807) is 41.3 Å². The van der Waals surface area contributed by atoms with Gasteiger partial charge in [0.25, 0.3) is 0 Å². The zero-order valence-corrected chi connectivity index (χ0v) is 15.7. The summed E-state index contributed by atoms with van der Waals surface area (Å²) in [6, 6.07) is 6.63. The normalized spacial score (nSPS) is 17.2. The van der Waals surface area contributed by atoms with E-state index in [2.05, 4.69) is 23.8 Å². The Morgan fingerprint density at radius 3 is 2.86 bits per heavy atom. The minimum absolute atomic E-state index is 0.0474. The molecule has 3 amide bonds. The SMILES string of the molecule is C=CCCNC(=O)C1CNC(=O)CN1c1cccc(C(CC=C)OC(N)=O)c1. The van der Waals surface area contributed by atoms with E-state index >= 15 is 0 Å². The molecule has 1 heterocycles. The second-order valence-corrected chi connectivity index (χ2v) is 6.36. The number of anilines is 1. The van der Waals surface area contributed by atoms with Crippen molar-refractivity contribution < 1.29 is 19.1 Å². The molecular weight excluding hydrogens is 360 g/mol. The van der Waals surface area contributed by atoms with Crippen molar-refractivity contribution in [2.45, 2.75) is 25.0 Å². The van der Waals surface area contributed by atoms with E-state index in [4.69, 9.17) is 10.5 Å². The lowest BCUT2D eigenvalue weighted by atomic mass is 10.0. The molecule has 1 saturated heterocycles. The standard InChI is InChI=1S/C20H26N4O4/c1-3-5-10-22-19(26)16-12-23-18(25)13-24(16)15-9-6-8-14(11-15)17(7-4-2)28-20(21)27/h3-4,6,8-9,11,16-17H,1-2,5,7,10,12-13H2,(H2,21,27)(H,22,26)(H,23,25). The molecule has 0 radical (unpaired) electrons. The predicted octanol–water partition coefficient (Wildman–Crippen LogP) is 1.40. The van der Waals surface area contributed by atoms with Crippen LogP contribution in [0.3, 0.4) is 0 Å². The summed E-state index contributed by atoms with van der Waals surface area (Å²) < 4.78 is 5.16. The highest BCUT2D eigenvalue weighted by molar-refractivity contribution is 5.92. The first-order valence-electron chi connectivity index (χ1n) is 9.05. The van der Waals surface area contributed by atoms with Crippen molar-refractivity contribution in [1.29, 1.82) is 0 Å². The second kappa shape index (κ2) is 10.1. The first-order chi connectivity index (χ1) is 13.5. The van der Waals surface area contributed by atoms with Gasteiger partial charge in [-0.25, -0.2) is 4.79 Å². The minimum atomic E-state index is -0.880. The summed E-state index contributed by atoms with van der Waals surface area (Å²) in [5.74, 6) is -0.347. The number of piperazine rings is 1. The summed E-state index contributed by atoms with van der Waals surface area (Å²) in [4.78, 5) is 37.5. The highest BCUT2D eigenvalue weighted by Gasteiger charge is 2.32. The number of hydrogen-bond donors (Lipinski definition) is 3. The molecule has 8 nitrogen and oxygen atoms in total. The Morgan fingerprint density at radius 1 is 1.39 bits per heavy atom. The van der Waals surface area contributed by atoms with Crippen molar-refractivity contribution in [2.75, 3.05) is 24.5 Å². The lowest BCUT2D eigenvalue weighted by Gasteiger charge is -2.36. The number of primary amides is 1. The Kier molecular flexibility index (Phi) is 7.62. The van der Waals surface area contributed by atoms with Crippen molar-refractivity contribution in [3.05, 3.63) is 55.1 Å². The van der Waals surface area contributed by atoms with Crippen molar-refractivity contribution in [1.82, 2.24) is 10.6 Å². The van der Waals surface area contributed by atoms with Crippen LogP contribution in [0.2, 0.25) is 0 Å². The van der Waals surface area contributed by atoms with Gasteiger partial charge in [0.1, 0.15) is 12.1 Å². The third kappa shape index (κ3) is 5.60. The molecule has 1 aliphatic rings. The van der Waals surface area contributed by atoms with Gasteiger partial charge in [0.2, 0.25) is 11.8 Å². The molecule has 0 saturated carbocycles. The molecule has 28 heavy (non-hydrogen) atoms. The smallest absolute Gasteiger partial charge is 0.405 e. The summed E-state index contributed by atoms with van der Waals surface area (Å²) >= 11 is 0. The fourth-order valence-electron chi connectivity index (χ4n) is 3.01. The van der Waals surface area contributed by atoms with Gasteiger partial charge in [0.15, 0.2) is 0 Å². The zero-order valence-electron chi connectivity index (χ0n) is 15.7. The second-order valence-electron chi connectivity index (χ2n) is 6.36. The van der Waals surface area contributed by atoms with Crippen molar-refractivity contribution in [3.63, 3.8) is 0 Å². The number of carbonyl (C=O) groups is 3. The van der Waals surface area contributed by atoms with Crippen LogP contribution in [0.1, 0.15) is 24.5 Å². The van der Waals surface area contributed by atoms with Crippen molar-refractivity contribution in [2.24, 2.45) is 5.73 Å². The predicted molar refractivity (Wildman–Crippen MR) is 107 cm³/mol. The number of rotatable bonds is 9. The third-order valence-electron chi connectivity index (χ3n) is 4.35. The molecule has 0 spiro atoms. The van der Waals surface area contributed by atoms with Gasteiger partial charge < -0.3 is 26.0 Å². The van der Waals surface area contributed by atoms with Crippen LogP contribution in [0.5, 0.6) is 0 Å². The first kappa shape index (κ1) is 21.0. The molecule has 0 bridgehead atoms. The average molecular weight is 386 g/mol. The number of nitrogens with two attached hydrogens (primary N) is 1. The third-order valence-corrected chi connectivity index (χ3v) is 4.35. The number of ether oxygens (including phenoxy) is 1. The lowest BCUT2D eigenvalue weighted by Crippen LogP contribution is -2.60. The Labute approximate surface area is 164 Å². The number of amides is 3. The van der Waals surface area contributed by atoms with Crippen LogP contribution in [0.4, 0.5) is 10.5 Å².